The fourth-order valence-electron chi connectivity index (χ4n) is 1.91. The highest BCUT2D eigenvalue weighted by molar-refractivity contribution is 7.91. The Labute approximate surface area is 114 Å². The van der Waals surface area contributed by atoms with Crippen molar-refractivity contribution in [2.45, 2.75) is 32.7 Å². The molecule has 0 saturated heterocycles. The highest BCUT2D eigenvalue weighted by Gasteiger charge is 2.13. The van der Waals surface area contributed by atoms with Crippen LogP contribution in [0.15, 0.2) is 24.3 Å². The van der Waals surface area contributed by atoms with Crippen LogP contribution in [0.25, 0.3) is 0 Å². The molecule has 2 N–H and O–H groups in total. The summed E-state index contributed by atoms with van der Waals surface area (Å²) < 4.78 is 23.1. The maximum atomic E-state index is 11.8. The number of Topliss-reactive ketones (excluding diaryl/α,β-unsaturated/α-hetero) is 1. The minimum Gasteiger partial charge on any atom is -0.326 e. The molecule has 4 nitrogen and oxygen atoms in total. The molecule has 0 atom stereocenters. The van der Waals surface area contributed by atoms with Crippen LogP contribution in [0, 0.1) is 0 Å². The Kier molecular flexibility index (Phi) is 6.18. The highest BCUT2D eigenvalue weighted by Crippen LogP contribution is 2.10. The number of nitrogens with two attached hydrogens (primary N) is 1. The topological polar surface area (TPSA) is 77.2 Å². The molecule has 0 aliphatic heterocycles. The summed E-state index contributed by atoms with van der Waals surface area (Å²) >= 11 is 0. The fraction of sp³-hybridized carbons (Fsp3) is 0.500. The zero-order chi connectivity index (χ0) is 14.3. The summed E-state index contributed by atoms with van der Waals surface area (Å²) in [4.78, 5) is 11.8. The van der Waals surface area contributed by atoms with Crippen LogP contribution in [-0.2, 0) is 27.6 Å². The molecule has 0 heterocycles. The number of rotatable bonds is 8. The van der Waals surface area contributed by atoms with Crippen molar-refractivity contribution in [3.8, 4) is 0 Å². The molecule has 0 unspecified atom stereocenters. The van der Waals surface area contributed by atoms with Crippen molar-refractivity contribution in [3.63, 3.8) is 0 Å². The van der Waals surface area contributed by atoms with E-state index in [0.29, 0.717) is 13.0 Å². The van der Waals surface area contributed by atoms with E-state index in [2.05, 4.69) is 0 Å². The fourth-order valence-corrected chi connectivity index (χ4v) is 3.28. The zero-order valence-corrected chi connectivity index (χ0v) is 12.1. The molecule has 0 radical (unpaired) electrons. The van der Waals surface area contributed by atoms with Crippen LogP contribution in [0.2, 0.25) is 0 Å². The van der Waals surface area contributed by atoms with E-state index in [9.17, 15) is 13.2 Å². The molecular weight excluding hydrogens is 262 g/mol. The second-order valence-electron chi connectivity index (χ2n) is 4.59. The van der Waals surface area contributed by atoms with Gasteiger partial charge in [-0.3, -0.25) is 4.79 Å². The molecule has 106 valence electrons. The Hall–Kier alpha value is -1.20. The molecule has 0 saturated carbocycles. The van der Waals surface area contributed by atoms with E-state index >= 15 is 0 Å². The van der Waals surface area contributed by atoms with Gasteiger partial charge in [0.15, 0.2) is 9.84 Å². The lowest BCUT2D eigenvalue weighted by Crippen LogP contribution is -2.16. The lowest BCUT2D eigenvalue weighted by molar-refractivity contribution is -0.118. The van der Waals surface area contributed by atoms with Gasteiger partial charge in [0.1, 0.15) is 5.78 Å². The molecule has 5 heteroatoms. The monoisotopic (exact) mass is 283 g/mol. The molecular formula is C14H21NO3S. The summed E-state index contributed by atoms with van der Waals surface area (Å²) in [6.45, 7) is 2.20. The average Bonchev–Trinajstić information content (AvgIpc) is 2.37. The molecule has 1 aromatic rings. The lowest BCUT2D eigenvalue weighted by atomic mass is 10.0. The first-order valence-corrected chi connectivity index (χ1v) is 8.29. The summed E-state index contributed by atoms with van der Waals surface area (Å²) in [7, 11) is -3.08. The number of benzene rings is 1. The Morgan fingerprint density at radius 3 is 2.37 bits per heavy atom. The highest BCUT2D eigenvalue weighted by atomic mass is 32.2. The van der Waals surface area contributed by atoms with Gasteiger partial charge < -0.3 is 5.73 Å². The van der Waals surface area contributed by atoms with Gasteiger partial charge in [0.25, 0.3) is 0 Å². The molecule has 0 aliphatic carbocycles. The second-order valence-corrected chi connectivity index (χ2v) is 6.89. The third-order valence-electron chi connectivity index (χ3n) is 2.93. The first-order chi connectivity index (χ1) is 8.98. The third-order valence-corrected chi connectivity index (χ3v) is 4.79. The van der Waals surface area contributed by atoms with Crippen molar-refractivity contribution < 1.29 is 13.2 Å². The van der Waals surface area contributed by atoms with Crippen molar-refractivity contribution in [2.24, 2.45) is 5.73 Å². The van der Waals surface area contributed by atoms with E-state index in [-0.39, 0.29) is 30.1 Å². The Balaban J connectivity index is 2.56. The predicted octanol–water partition coefficient (Wildman–Crippen LogP) is 1.47. The van der Waals surface area contributed by atoms with Gasteiger partial charge in [-0.25, -0.2) is 8.42 Å². The van der Waals surface area contributed by atoms with E-state index in [1.54, 1.807) is 0 Å². The normalized spacial score (nSPS) is 11.5. The summed E-state index contributed by atoms with van der Waals surface area (Å²) in [6, 6.07) is 7.48. The van der Waals surface area contributed by atoms with Crippen molar-refractivity contribution in [1.29, 1.82) is 0 Å². The van der Waals surface area contributed by atoms with Crippen LogP contribution < -0.4 is 5.73 Å². The van der Waals surface area contributed by atoms with Gasteiger partial charge in [-0.1, -0.05) is 31.2 Å². The summed E-state index contributed by atoms with van der Waals surface area (Å²) in [5.74, 6) is 0.0463. The minimum atomic E-state index is -3.08. The first kappa shape index (κ1) is 15.9. The van der Waals surface area contributed by atoms with E-state index in [1.807, 2.05) is 31.2 Å². The van der Waals surface area contributed by atoms with Gasteiger partial charge in [-0.15, -0.1) is 0 Å². The van der Waals surface area contributed by atoms with Crippen LogP contribution in [0.4, 0.5) is 0 Å². The summed E-state index contributed by atoms with van der Waals surface area (Å²) in [6.07, 6.45) is 0.933. The van der Waals surface area contributed by atoms with E-state index in [4.69, 9.17) is 5.73 Å². The van der Waals surface area contributed by atoms with Gasteiger partial charge in [-0.05, 0) is 17.5 Å². The number of hydrogen-bond donors (Lipinski definition) is 1. The number of carbonyl (C=O) groups excluding carboxylic acids is 1. The molecule has 1 rings (SSSR count). The standard InChI is InChI=1S/C14H21NO3S/c1-2-8-19(17,18)9-7-14(16)10-12-5-3-4-6-13(12)11-15/h3-6H,2,7-11,15H2,1H3. The Bertz CT molecular complexity index is 523. The second kappa shape index (κ2) is 7.40. The van der Waals surface area contributed by atoms with Crippen LogP contribution in [0.3, 0.4) is 0 Å². The molecule has 0 aromatic heterocycles. The molecule has 0 aliphatic rings. The van der Waals surface area contributed by atoms with Gasteiger partial charge >= 0.3 is 0 Å². The molecule has 0 bridgehead atoms. The maximum absolute atomic E-state index is 11.8. The average molecular weight is 283 g/mol. The third kappa shape index (κ3) is 5.53. The number of hydrogen-bond acceptors (Lipinski definition) is 4. The van der Waals surface area contributed by atoms with Crippen LogP contribution in [-0.4, -0.2) is 25.7 Å². The minimum absolute atomic E-state index is 0.0511. The van der Waals surface area contributed by atoms with Crippen LogP contribution in [0.1, 0.15) is 30.9 Å². The zero-order valence-electron chi connectivity index (χ0n) is 11.3. The summed E-state index contributed by atoms with van der Waals surface area (Å²) in [5, 5.41) is 0. The van der Waals surface area contributed by atoms with Crippen molar-refractivity contribution in [2.75, 3.05) is 11.5 Å². The Morgan fingerprint density at radius 1 is 1.16 bits per heavy atom. The van der Waals surface area contributed by atoms with Gasteiger partial charge in [0.05, 0.1) is 5.75 Å². The molecule has 1 aromatic carbocycles. The molecule has 0 spiro atoms. The molecule has 0 amide bonds. The smallest absolute Gasteiger partial charge is 0.150 e. The van der Waals surface area contributed by atoms with Crippen molar-refractivity contribution in [3.05, 3.63) is 35.4 Å². The number of carbonyl (C=O) groups is 1. The molecule has 19 heavy (non-hydrogen) atoms. The predicted molar refractivity (Wildman–Crippen MR) is 76.6 cm³/mol. The van der Waals surface area contributed by atoms with Crippen LogP contribution in [0.5, 0.6) is 0 Å². The van der Waals surface area contributed by atoms with Gasteiger partial charge in [0, 0.05) is 25.1 Å². The number of sulfone groups is 1. The SMILES string of the molecule is CCCS(=O)(=O)CCC(=O)Cc1ccccc1CN. The quantitative estimate of drug-likeness (QED) is 0.783. The van der Waals surface area contributed by atoms with Crippen LogP contribution >= 0.6 is 0 Å². The largest absolute Gasteiger partial charge is 0.326 e. The van der Waals surface area contributed by atoms with E-state index in [0.717, 1.165) is 11.1 Å². The number of ketones is 1. The Morgan fingerprint density at radius 2 is 1.79 bits per heavy atom. The van der Waals surface area contributed by atoms with Crippen molar-refractivity contribution in [1.82, 2.24) is 0 Å². The first-order valence-electron chi connectivity index (χ1n) is 6.47. The van der Waals surface area contributed by atoms with E-state index < -0.39 is 9.84 Å². The van der Waals surface area contributed by atoms with E-state index in [1.165, 1.54) is 0 Å². The van der Waals surface area contributed by atoms with Gasteiger partial charge in [-0.2, -0.15) is 0 Å². The molecule has 0 fully saturated rings. The van der Waals surface area contributed by atoms with Gasteiger partial charge in [0.2, 0.25) is 0 Å². The van der Waals surface area contributed by atoms with Crippen molar-refractivity contribution >= 4 is 15.6 Å². The summed E-state index contributed by atoms with van der Waals surface area (Å²) in [5.41, 5.74) is 7.43. The maximum Gasteiger partial charge on any atom is 0.150 e. The lowest BCUT2D eigenvalue weighted by Gasteiger charge is -2.07.